The molecule has 0 fully saturated rings. The molecule has 0 aliphatic heterocycles. The molecule has 9 heteroatoms. The minimum atomic E-state index is -0.447. The van der Waals surface area contributed by atoms with Crippen LogP contribution in [0.5, 0.6) is 17.2 Å². The summed E-state index contributed by atoms with van der Waals surface area (Å²) in [5.41, 5.74) is 3.07. The molecular weight excluding hydrogens is 447 g/mol. The van der Waals surface area contributed by atoms with E-state index < -0.39 is 5.91 Å². The van der Waals surface area contributed by atoms with E-state index in [1.807, 2.05) is 0 Å². The molecule has 1 amide bonds. The number of nitrogens with zero attached hydrogens (tertiary/aromatic N) is 1. The second kappa shape index (κ2) is 9.66. The number of nitrogens with one attached hydrogen (secondary N) is 1. The summed E-state index contributed by atoms with van der Waals surface area (Å²) in [6.07, 6.45) is 1.47. The van der Waals surface area contributed by atoms with E-state index >= 15 is 0 Å². The van der Waals surface area contributed by atoms with Crippen molar-refractivity contribution < 1.29 is 19.0 Å². The van der Waals surface area contributed by atoms with Crippen LogP contribution in [0.15, 0.2) is 39.9 Å². The van der Waals surface area contributed by atoms with Crippen LogP contribution in [0.1, 0.15) is 5.56 Å². The lowest BCUT2D eigenvalue weighted by Gasteiger charge is -2.10. The van der Waals surface area contributed by atoms with Gasteiger partial charge < -0.3 is 14.2 Å². The normalized spacial score (nSPS) is 10.7. The van der Waals surface area contributed by atoms with Gasteiger partial charge in [0.25, 0.3) is 5.91 Å². The van der Waals surface area contributed by atoms with Gasteiger partial charge in [0, 0.05) is 11.1 Å². The van der Waals surface area contributed by atoms with Crippen molar-refractivity contribution in [3.05, 3.63) is 50.4 Å². The fraction of sp³-hybridized carbons (Fsp3) is 0.176. The van der Waals surface area contributed by atoms with Crippen LogP contribution in [-0.4, -0.2) is 32.9 Å². The van der Waals surface area contributed by atoms with E-state index in [2.05, 4.69) is 26.5 Å². The van der Waals surface area contributed by atoms with Crippen molar-refractivity contribution in [3.63, 3.8) is 0 Å². The Morgan fingerprint density at radius 2 is 1.96 bits per heavy atom. The van der Waals surface area contributed by atoms with E-state index in [4.69, 9.17) is 37.4 Å². The third kappa shape index (κ3) is 5.52. The smallest absolute Gasteiger partial charge is 0.277 e. The average Bonchev–Trinajstić information content (AvgIpc) is 2.62. The second-order valence-electron chi connectivity index (χ2n) is 4.89. The highest BCUT2D eigenvalue weighted by molar-refractivity contribution is 9.10. The molecule has 0 aliphatic rings. The Morgan fingerprint density at radius 3 is 2.65 bits per heavy atom. The number of rotatable bonds is 7. The quantitative estimate of drug-likeness (QED) is 0.493. The van der Waals surface area contributed by atoms with E-state index in [-0.39, 0.29) is 6.61 Å². The molecule has 0 saturated carbocycles. The number of benzene rings is 2. The van der Waals surface area contributed by atoms with E-state index in [0.717, 1.165) is 0 Å². The van der Waals surface area contributed by atoms with Crippen molar-refractivity contribution in [1.82, 2.24) is 5.43 Å². The number of hydrogen-bond donors (Lipinski definition) is 1. The van der Waals surface area contributed by atoms with Crippen LogP contribution in [0.3, 0.4) is 0 Å². The Balaban J connectivity index is 1.94. The largest absolute Gasteiger partial charge is 0.493 e. The van der Waals surface area contributed by atoms with Crippen LogP contribution >= 0.6 is 39.1 Å². The van der Waals surface area contributed by atoms with Gasteiger partial charge >= 0.3 is 0 Å². The summed E-state index contributed by atoms with van der Waals surface area (Å²) in [4.78, 5) is 11.8. The van der Waals surface area contributed by atoms with Gasteiger partial charge in [-0.05, 0) is 45.8 Å². The molecule has 2 aromatic carbocycles. The summed E-state index contributed by atoms with van der Waals surface area (Å²) < 4.78 is 16.5. The standard InChI is InChI=1S/C17H15BrCl2N2O4/c1-24-15-6-10(5-12(18)17(15)25-2)8-21-22-16(23)9-26-14-7-11(19)3-4-13(14)20/h3-8H,9H2,1-2H3,(H,22,23)/b21-8+. The molecule has 6 nitrogen and oxygen atoms in total. The number of hydrazone groups is 1. The Morgan fingerprint density at radius 1 is 1.19 bits per heavy atom. The van der Waals surface area contributed by atoms with Crippen LogP contribution in [0.4, 0.5) is 0 Å². The molecule has 0 radical (unpaired) electrons. The first-order chi connectivity index (χ1) is 12.4. The fourth-order valence-electron chi connectivity index (χ4n) is 1.95. The number of carbonyl (C=O) groups is 1. The molecular formula is C17H15BrCl2N2O4. The van der Waals surface area contributed by atoms with Crippen molar-refractivity contribution in [2.45, 2.75) is 0 Å². The highest BCUT2D eigenvalue weighted by Gasteiger charge is 2.10. The van der Waals surface area contributed by atoms with E-state index in [1.165, 1.54) is 19.4 Å². The molecule has 0 aliphatic carbocycles. The monoisotopic (exact) mass is 460 g/mol. The molecule has 2 aromatic rings. The lowest BCUT2D eigenvalue weighted by molar-refractivity contribution is -0.123. The van der Waals surface area contributed by atoms with Crippen LogP contribution in [0.2, 0.25) is 10.0 Å². The maximum Gasteiger partial charge on any atom is 0.277 e. The second-order valence-corrected chi connectivity index (χ2v) is 6.59. The van der Waals surface area contributed by atoms with Gasteiger partial charge in [0.15, 0.2) is 18.1 Å². The Bertz CT molecular complexity index is 831. The molecule has 0 aromatic heterocycles. The third-order valence-electron chi connectivity index (χ3n) is 3.11. The molecule has 0 unspecified atom stereocenters. The van der Waals surface area contributed by atoms with E-state index in [1.54, 1.807) is 31.4 Å². The molecule has 1 N–H and O–H groups in total. The van der Waals surface area contributed by atoms with Crippen molar-refractivity contribution in [1.29, 1.82) is 0 Å². The number of hydrogen-bond acceptors (Lipinski definition) is 5. The SMILES string of the molecule is COc1cc(/C=N/NC(=O)COc2cc(Cl)ccc2Cl)cc(Br)c1OC. The van der Waals surface area contributed by atoms with Gasteiger partial charge in [-0.1, -0.05) is 23.2 Å². The summed E-state index contributed by atoms with van der Waals surface area (Å²) in [6.45, 7) is -0.257. The molecule has 26 heavy (non-hydrogen) atoms. The van der Waals surface area contributed by atoms with Gasteiger partial charge in [-0.25, -0.2) is 5.43 Å². The summed E-state index contributed by atoms with van der Waals surface area (Å²) in [5, 5.41) is 4.71. The molecule has 0 saturated heterocycles. The number of halogens is 3. The maximum atomic E-state index is 11.8. The Hall–Kier alpha value is -1.96. The van der Waals surface area contributed by atoms with Gasteiger partial charge in [0.1, 0.15) is 5.75 Å². The Kier molecular flexibility index (Phi) is 7.56. The van der Waals surface area contributed by atoms with E-state index in [9.17, 15) is 4.79 Å². The van der Waals surface area contributed by atoms with Gasteiger partial charge in [0.2, 0.25) is 0 Å². The average molecular weight is 462 g/mol. The van der Waals surface area contributed by atoms with Crippen LogP contribution in [0, 0.1) is 0 Å². The molecule has 0 spiro atoms. The molecule has 0 heterocycles. The number of carbonyl (C=O) groups excluding carboxylic acids is 1. The predicted molar refractivity (Wildman–Crippen MR) is 105 cm³/mol. The van der Waals surface area contributed by atoms with Crippen molar-refractivity contribution >= 4 is 51.3 Å². The van der Waals surface area contributed by atoms with Crippen LogP contribution < -0.4 is 19.6 Å². The Labute approximate surface area is 169 Å². The molecule has 0 atom stereocenters. The molecule has 138 valence electrons. The summed E-state index contributed by atoms with van der Waals surface area (Å²) in [7, 11) is 3.08. The van der Waals surface area contributed by atoms with E-state index in [0.29, 0.717) is 37.3 Å². The zero-order valence-corrected chi connectivity index (χ0v) is 17.0. The topological polar surface area (TPSA) is 69.2 Å². The summed E-state index contributed by atoms with van der Waals surface area (Å²) in [6, 6.07) is 8.24. The number of amides is 1. The minimum absolute atomic E-state index is 0.257. The van der Waals surface area contributed by atoms with Crippen molar-refractivity contribution in [2.24, 2.45) is 5.10 Å². The fourth-order valence-corrected chi connectivity index (χ4v) is 2.91. The summed E-state index contributed by atoms with van der Waals surface area (Å²) >= 11 is 15.2. The predicted octanol–water partition coefficient (Wildman–Crippen LogP) is 4.30. The van der Waals surface area contributed by atoms with Gasteiger partial charge in [-0.2, -0.15) is 5.10 Å². The zero-order chi connectivity index (χ0) is 19.1. The lowest BCUT2D eigenvalue weighted by atomic mass is 10.2. The first kappa shape index (κ1) is 20.4. The molecule has 0 bridgehead atoms. The summed E-state index contributed by atoms with van der Waals surface area (Å²) in [5.74, 6) is 0.980. The highest BCUT2D eigenvalue weighted by atomic mass is 79.9. The van der Waals surface area contributed by atoms with Gasteiger partial charge in [0.05, 0.1) is 29.9 Å². The van der Waals surface area contributed by atoms with Crippen molar-refractivity contribution in [3.8, 4) is 17.2 Å². The van der Waals surface area contributed by atoms with Crippen LogP contribution in [-0.2, 0) is 4.79 Å². The molecule has 2 rings (SSSR count). The van der Waals surface area contributed by atoms with Crippen molar-refractivity contribution in [2.75, 3.05) is 20.8 Å². The van der Waals surface area contributed by atoms with Gasteiger partial charge in [-0.3, -0.25) is 4.79 Å². The van der Waals surface area contributed by atoms with Crippen LogP contribution in [0.25, 0.3) is 0 Å². The first-order valence-electron chi connectivity index (χ1n) is 7.26. The zero-order valence-electron chi connectivity index (χ0n) is 13.9. The highest BCUT2D eigenvalue weighted by Crippen LogP contribution is 2.35. The maximum absolute atomic E-state index is 11.8. The lowest BCUT2D eigenvalue weighted by Crippen LogP contribution is -2.24. The first-order valence-corrected chi connectivity index (χ1v) is 8.80. The van der Waals surface area contributed by atoms with Gasteiger partial charge in [-0.15, -0.1) is 0 Å². The third-order valence-corrected chi connectivity index (χ3v) is 4.25. The number of methoxy groups -OCH3 is 2. The minimum Gasteiger partial charge on any atom is -0.493 e. The number of ether oxygens (including phenoxy) is 3.